The predicted molar refractivity (Wildman–Crippen MR) is 89.6 cm³/mol. The molecule has 0 fully saturated rings. The Morgan fingerprint density at radius 3 is 2.86 bits per heavy atom. The predicted octanol–water partition coefficient (Wildman–Crippen LogP) is 3.21. The first-order valence-electron chi connectivity index (χ1n) is 6.17. The van der Waals surface area contributed by atoms with Crippen LogP contribution in [-0.4, -0.2) is 32.5 Å². The Balaban J connectivity index is 0.00000220. The molecule has 1 N–H and O–H groups in total. The van der Waals surface area contributed by atoms with Crippen LogP contribution in [0.1, 0.15) is 12.0 Å². The zero-order chi connectivity index (χ0) is 14.4. The third kappa shape index (κ3) is 5.64. The van der Waals surface area contributed by atoms with E-state index in [4.69, 9.17) is 23.2 Å². The second kappa shape index (κ2) is 9.48. The number of rotatable bonds is 7. The van der Waals surface area contributed by atoms with E-state index >= 15 is 0 Å². The first kappa shape index (κ1) is 18.5. The van der Waals surface area contributed by atoms with Crippen molar-refractivity contribution in [2.24, 2.45) is 7.05 Å². The molecule has 0 saturated heterocycles. The number of halogens is 3. The fourth-order valence-corrected chi connectivity index (χ4v) is 2.79. The highest BCUT2D eigenvalue weighted by Gasteiger charge is 2.04. The Hall–Kier alpha value is -0.530. The second-order valence-electron chi connectivity index (χ2n) is 4.18. The molecule has 116 valence electrons. The molecule has 0 atom stereocenters. The van der Waals surface area contributed by atoms with Crippen LogP contribution < -0.4 is 5.32 Å². The smallest absolute Gasteiger partial charge is 0.209 e. The Labute approximate surface area is 144 Å². The van der Waals surface area contributed by atoms with Crippen molar-refractivity contribution in [3.63, 3.8) is 0 Å². The third-order valence-electron chi connectivity index (χ3n) is 2.66. The van der Waals surface area contributed by atoms with Gasteiger partial charge in [-0.25, -0.2) is 4.68 Å². The summed E-state index contributed by atoms with van der Waals surface area (Å²) in [5.74, 6) is 0.963. The molecule has 0 spiro atoms. The standard InChI is InChI=1S/C12H15Cl2N5S.ClH/c1-19-12(16-17-18-19)20-7-3-6-15-8-9-4-2-5-10(13)11(9)14;/h2,4-5,15H,3,6-8H2,1H3;1H. The van der Waals surface area contributed by atoms with Crippen LogP contribution >= 0.6 is 47.4 Å². The lowest BCUT2D eigenvalue weighted by Gasteiger charge is -2.07. The lowest BCUT2D eigenvalue weighted by atomic mass is 10.2. The summed E-state index contributed by atoms with van der Waals surface area (Å²) in [7, 11) is 1.84. The molecule has 0 aliphatic rings. The van der Waals surface area contributed by atoms with Crippen LogP contribution in [0, 0.1) is 0 Å². The number of thioether (sulfide) groups is 1. The number of nitrogens with one attached hydrogen (secondary N) is 1. The summed E-state index contributed by atoms with van der Waals surface area (Å²) < 4.78 is 1.67. The average molecular weight is 369 g/mol. The van der Waals surface area contributed by atoms with Crippen LogP contribution in [0.2, 0.25) is 10.0 Å². The molecule has 0 amide bonds. The molecule has 21 heavy (non-hydrogen) atoms. The Morgan fingerprint density at radius 2 is 2.14 bits per heavy atom. The molecular formula is C12H16Cl3N5S. The van der Waals surface area contributed by atoms with Crippen molar-refractivity contribution in [2.45, 2.75) is 18.1 Å². The van der Waals surface area contributed by atoms with E-state index in [0.717, 1.165) is 36.0 Å². The number of hydrogen-bond donors (Lipinski definition) is 1. The molecule has 1 aromatic heterocycles. The van der Waals surface area contributed by atoms with Gasteiger partial charge in [0.05, 0.1) is 10.0 Å². The van der Waals surface area contributed by atoms with Crippen LogP contribution in [0.25, 0.3) is 0 Å². The zero-order valence-corrected chi connectivity index (χ0v) is 14.6. The fraction of sp³-hybridized carbons (Fsp3) is 0.417. The largest absolute Gasteiger partial charge is 0.313 e. The summed E-state index contributed by atoms with van der Waals surface area (Å²) in [5, 5.41) is 16.7. The number of aromatic nitrogens is 4. The van der Waals surface area contributed by atoms with E-state index in [0.29, 0.717) is 10.0 Å². The number of hydrogen-bond acceptors (Lipinski definition) is 5. The molecule has 5 nitrogen and oxygen atoms in total. The van der Waals surface area contributed by atoms with Gasteiger partial charge >= 0.3 is 0 Å². The lowest BCUT2D eigenvalue weighted by molar-refractivity contribution is 0.661. The maximum absolute atomic E-state index is 6.12. The molecule has 0 radical (unpaired) electrons. The maximum Gasteiger partial charge on any atom is 0.209 e. The summed E-state index contributed by atoms with van der Waals surface area (Å²) in [4.78, 5) is 0. The highest BCUT2D eigenvalue weighted by Crippen LogP contribution is 2.25. The molecule has 0 aliphatic heterocycles. The molecule has 2 aromatic rings. The van der Waals surface area contributed by atoms with Gasteiger partial charge in [-0.3, -0.25) is 0 Å². The fourth-order valence-electron chi connectivity index (χ4n) is 1.61. The first-order valence-corrected chi connectivity index (χ1v) is 7.91. The molecule has 0 saturated carbocycles. The maximum atomic E-state index is 6.12. The normalized spacial score (nSPS) is 10.4. The van der Waals surface area contributed by atoms with Gasteiger partial charge in [0.1, 0.15) is 0 Å². The quantitative estimate of drug-likeness (QED) is 0.601. The van der Waals surface area contributed by atoms with Gasteiger partial charge in [0, 0.05) is 19.3 Å². The second-order valence-corrected chi connectivity index (χ2v) is 6.02. The average Bonchev–Trinajstić information content (AvgIpc) is 2.84. The van der Waals surface area contributed by atoms with E-state index in [1.165, 1.54) is 0 Å². The van der Waals surface area contributed by atoms with E-state index in [2.05, 4.69) is 20.8 Å². The summed E-state index contributed by atoms with van der Waals surface area (Å²) in [6.45, 7) is 1.62. The number of nitrogens with zero attached hydrogens (tertiary/aromatic N) is 4. The monoisotopic (exact) mass is 367 g/mol. The van der Waals surface area contributed by atoms with Gasteiger partial charge in [-0.15, -0.1) is 17.5 Å². The van der Waals surface area contributed by atoms with Crippen molar-refractivity contribution < 1.29 is 0 Å². The number of tetrazole rings is 1. The lowest BCUT2D eigenvalue weighted by Crippen LogP contribution is -2.15. The summed E-state index contributed by atoms with van der Waals surface area (Å²) >= 11 is 13.7. The van der Waals surface area contributed by atoms with Gasteiger partial charge in [0.2, 0.25) is 5.16 Å². The SMILES string of the molecule is Cl.Cn1nnnc1SCCCNCc1cccc(Cl)c1Cl. The van der Waals surface area contributed by atoms with Crippen molar-refractivity contribution in [1.29, 1.82) is 0 Å². The van der Waals surface area contributed by atoms with Crippen LogP contribution in [-0.2, 0) is 13.6 Å². The van der Waals surface area contributed by atoms with Crippen molar-refractivity contribution in [2.75, 3.05) is 12.3 Å². The van der Waals surface area contributed by atoms with E-state index < -0.39 is 0 Å². The van der Waals surface area contributed by atoms with Crippen LogP contribution in [0.3, 0.4) is 0 Å². The molecule has 1 aromatic carbocycles. The minimum Gasteiger partial charge on any atom is -0.313 e. The highest BCUT2D eigenvalue weighted by atomic mass is 35.5. The summed E-state index contributed by atoms with van der Waals surface area (Å²) in [6.07, 6.45) is 1.02. The van der Waals surface area contributed by atoms with E-state index in [-0.39, 0.29) is 12.4 Å². The Morgan fingerprint density at radius 1 is 1.33 bits per heavy atom. The van der Waals surface area contributed by atoms with E-state index in [1.54, 1.807) is 22.5 Å². The van der Waals surface area contributed by atoms with Gasteiger partial charge in [-0.1, -0.05) is 47.1 Å². The molecule has 9 heteroatoms. The van der Waals surface area contributed by atoms with Gasteiger partial charge in [-0.2, -0.15) is 0 Å². The molecule has 0 aliphatic carbocycles. The van der Waals surface area contributed by atoms with Crippen LogP contribution in [0.15, 0.2) is 23.4 Å². The van der Waals surface area contributed by atoms with Crippen LogP contribution in [0.5, 0.6) is 0 Å². The minimum absolute atomic E-state index is 0. The van der Waals surface area contributed by atoms with Crippen LogP contribution in [0.4, 0.5) is 0 Å². The molecule has 0 unspecified atom stereocenters. The summed E-state index contributed by atoms with van der Waals surface area (Å²) in [6, 6.07) is 5.67. The topological polar surface area (TPSA) is 55.6 Å². The Bertz CT molecular complexity index is 564. The van der Waals surface area contributed by atoms with Gasteiger partial charge in [-0.05, 0) is 35.0 Å². The Kier molecular flexibility index (Phi) is 8.36. The molecule has 1 heterocycles. The summed E-state index contributed by atoms with van der Waals surface area (Å²) in [5.41, 5.74) is 1.02. The van der Waals surface area contributed by atoms with Crippen molar-refractivity contribution in [3.8, 4) is 0 Å². The van der Waals surface area contributed by atoms with Crippen molar-refractivity contribution >= 4 is 47.4 Å². The van der Waals surface area contributed by atoms with Gasteiger partial charge in [0.25, 0.3) is 0 Å². The highest BCUT2D eigenvalue weighted by molar-refractivity contribution is 7.99. The molecular weight excluding hydrogens is 353 g/mol. The van der Waals surface area contributed by atoms with Gasteiger partial charge < -0.3 is 5.32 Å². The first-order chi connectivity index (χ1) is 9.68. The van der Waals surface area contributed by atoms with E-state index in [9.17, 15) is 0 Å². The molecule has 2 rings (SSSR count). The van der Waals surface area contributed by atoms with Crippen molar-refractivity contribution in [1.82, 2.24) is 25.5 Å². The van der Waals surface area contributed by atoms with Gasteiger partial charge in [0.15, 0.2) is 0 Å². The van der Waals surface area contributed by atoms with Crippen molar-refractivity contribution in [3.05, 3.63) is 33.8 Å². The number of aryl methyl sites for hydroxylation is 1. The molecule has 0 bridgehead atoms. The number of benzene rings is 1. The van der Waals surface area contributed by atoms with E-state index in [1.807, 2.05) is 19.2 Å². The third-order valence-corrected chi connectivity index (χ3v) is 4.61. The zero-order valence-electron chi connectivity index (χ0n) is 11.4. The minimum atomic E-state index is 0.